The zero-order valence-electron chi connectivity index (χ0n) is 26.5. The van der Waals surface area contributed by atoms with Crippen LogP contribution in [0.1, 0.15) is 117 Å². The van der Waals surface area contributed by atoms with E-state index in [1.54, 1.807) is 18.5 Å². The van der Waals surface area contributed by atoms with Crippen LogP contribution in [0.15, 0.2) is 43.0 Å². The summed E-state index contributed by atoms with van der Waals surface area (Å²) in [7, 11) is -3.52. The first-order valence-electron chi connectivity index (χ1n) is 16.5. The molecule has 0 saturated carbocycles. The molecular weight excluding hydrogens is 561 g/mol. The second kappa shape index (κ2) is 20.5. The van der Waals surface area contributed by atoms with Crippen LogP contribution in [0.3, 0.4) is 0 Å². The number of fused-ring (bicyclic) bond motifs is 1. The average Bonchev–Trinajstić information content (AvgIpc) is 3.42. The fraction of sp³-hybridized carbons (Fsp3) is 0.667. The molecule has 2 heterocycles. The number of hydrogen-bond acceptors (Lipinski definition) is 8. The molecule has 43 heavy (non-hydrogen) atoms. The summed E-state index contributed by atoms with van der Waals surface area (Å²) < 4.78 is 33.2. The number of nitrogens with two attached hydrogens (primary N) is 1. The van der Waals surface area contributed by atoms with Gasteiger partial charge in [0.2, 0.25) is 0 Å². The Bertz CT molecular complexity index is 1190. The number of para-hydroxylation sites is 1. The Morgan fingerprint density at radius 3 is 2.00 bits per heavy atom. The Hall–Kier alpha value is -2.48. The van der Waals surface area contributed by atoms with Crippen LogP contribution in [0.2, 0.25) is 0 Å². The highest BCUT2D eigenvalue weighted by atomic mass is 31.2. The van der Waals surface area contributed by atoms with Gasteiger partial charge in [-0.3, -0.25) is 4.52 Å². The average molecular weight is 616 g/mol. The summed E-state index contributed by atoms with van der Waals surface area (Å²) in [5.74, 6) is 0.836. The standard InChI is InChI=1S/C33H54N5O4P/c1-3-4-5-6-7-8-9-10-11-12-13-14-15-16-17-21-24-41-43(39,42-30-22-19-18-20-23-30)28-40-29(2)25-38-27-37-31-32(34)35-26-36-33(31)38/h18-20,22-23,26-27,29H,3-17,21,24-25,28H2,1-2H3,(H2,34,35,36). The molecule has 2 atom stereocenters. The third-order valence-electron chi connectivity index (χ3n) is 7.67. The van der Waals surface area contributed by atoms with Gasteiger partial charge in [-0.25, -0.2) is 19.5 Å². The Morgan fingerprint density at radius 2 is 1.40 bits per heavy atom. The van der Waals surface area contributed by atoms with Gasteiger partial charge in [-0.15, -0.1) is 0 Å². The fourth-order valence-electron chi connectivity index (χ4n) is 5.17. The molecule has 0 saturated heterocycles. The first kappa shape index (κ1) is 35.0. The largest absolute Gasteiger partial charge is 0.423 e. The lowest BCUT2D eigenvalue weighted by Gasteiger charge is -2.22. The summed E-state index contributed by atoms with van der Waals surface area (Å²) in [4.78, 5) is 12.6. The topological polar surface area (TPSA) is 114 Å². The molecule has 0 amide bonds. The van der Waals surface area contributed by atoms with E-state index >= 15 is 0 Å². The summed E-state index contributed by atoms with van der Waals surface area (Å²) in [6, 6.07) is 9.12. The second-order valence-electron chi connectivity index (χ2n) is 11.6. The third-order valence-corrected chi connectivity index (χ3v) is 9.20. The van der Waals surface area contributed by atoms with E-state index in [9.17, 15) is 4.57 Å². The van der Waals surface area contributed by atoms with Crippen molar-refractivity contribution in [3.05, 3.63) is 43.0 Å². The zero-order chi connectivity index (χ0) is 30.6. The number of nitrogen functional groups attached to an aromatic ring is 1. The van der Waals surface area contributed by atoms with E-state index in [1.165, 1.54) is 96.2 Å². The number of anilines is 1. The zero-order valence-corrected chi connectivity index (χ0v) is 27.4. The van der Waals surface area contributed by atoms with Gasteiger partial charge in [0, 0.05) is 0 Å². The lowest BCUT2D eigenvalue weighted by molar-refractivity contribution is 0.0726. The molecule has 3 rings (SSSR count). The summed E-state index contributed by atoms with van der Waals surface area (Å²) in [5, 5.41) is 0. The Labute approximate surface area is 258 Å². The van der Waals surface area contributed by atoms with Crippen molar-refractivity contribution in [2.24, 2.45) is 0 Å². The molecule has 2 aromatic heterocycles. The van der Waals surface area contributed by atoms with Gasteiger partial charge in [-0.2, -0.15) is 0 Å². The number of aromatic nitrogens is 4. The van der Waals surface area contributed by atoms with Gasteiger partial charge in [-0.1, -0.05) is 121 Å². The second-order valence-corrected chi connectivity index (χ2v) is 13.5. The molecule has 0 aliphatic heterocycles. The Kier molecular flexibility index (Phi) is 16.7. The predicted molar refractivity (Wildman–Crippen MR) is 175 cm³/mol. The maximum Gasteiger partial charge on any atom is 0.404 e. The number of unbranched alkanes of at least 4 members (excludes halogenated alkanes) is 15. The minimum Gasteiger partial charge on any atom is -0.423 e. The number of benzene rings is 1. The van der Waals surface area contributed by atoms with Crippen LogP contribution in [-0.2, 0) is 20.4 Å². The molecule has 3 aromatic rings. The van der Waals surface area contributed by atoms with E-state index in [1.807, 2.05) is 29.7 Å². The van der Waals surface area contributed by atoms with Crippen molar-refractivity contribution in [3.63, 3.8) is 0 Å². The van der Waals surface area contributed by atoms with Gasteiger partial charge in [0.05, 0.1) is 25.6 Å². The smallest absolute Gasteiger partial charge is 0.404 e. The third kappa shape index (κ3) is 13.8. The van der Waals surface area contributed by atoms with Crippen LogP contribution in [0, 0.1) is 0 Å². The molecule has 2 N–H and O–H groups in total. The van der Waals surface area contributed by atoms with Crippen molar-refractivity contribution in [2.45, 2.75) is 129 Å². The maximum absolute atomic E-state index is 13.7. The van der Waals surface area contributed by atoms with E-state index in [0.717, 1.165) is 12.8 Å². The highest BCUT2D eigenvalue weighted by Crippen LogP contribution is 2.48. The molecule has 240 valence electrons. The van der Waals surface area contributed by atoms with Gasteiger partial charge in [0.1, 0.15) is 17.6 Å². The van der Waals surface area contributed by atoms with E-state index in [2.05, 4.69) is 21.9 Å². The highest BCUT2D eigenvalue weighted by Gasteiger charge is 2.28. The van der Waals surface area contributed by atoms with Gasteiger partial charge in [0.15, 0.2) is 17.8 Å². The van der Waals surface area contributed by atoms with Gasteiger partial charge < -0.3 is 19.6 Å². The van der Waals surface area contributed by atoms with Gasteiger partial charge in [-0.05, 0) is 25.5 Å². The predicted octanol–water partition coefficient (Wildman–Crippen LogP) is 9.32. The minimum absolute atomic E-state index is 0.147. The quantitative estimate of drug-likeness (QED) is 0.0741. The van der Waals surface area contributed by atoms with Crippen LogP contribution in [-0.4, -0.2) is 38.6 Å². The van der Waals surface area contributed by atoms with Crippen LogP contribution in [0.4, 0.5) is 5.82 Å². The number of rotatable bonds is 25. The fourth-order valence-corrected chi connectivity index (χ4v) is 6.63. The number of imidazole rings is 1. The van der Waals surface area contributed by atoms with Crippen LogP contribution >= 0.6 is 7.60 Å². The summed E-state index contributed by atoms with van der Waals surface area (Å²) >= 11 is 0. The minimum atomic E-state index is -3.52. The first-order chi connectivity index (χ1) is 21.0. The molecular formula is C33H54N5O4P. The van der Waals surface area contributed by atoms with Crippen molar-refractivity contribution in [2.75, 3.05) is 18.7 Å². The molecule has 0 bridgehead atoms. The maximum atomic E-state index is 13.7. The molecule has 0 aliphatic carbocycles. The molecule has 2 unspecified atom stereocenters. The van der Waals surface area contributed by atoms with Crippen molar-refractivity contribution in [3.8, 4) is 5.75 Å². The SMILES string of the molecule is CCCCCCCCCCCCCCCCCCOP(=O)(COC(C)Cn1cnc2c(N)ncnc21)Oc1ccccc1. The lowest BCUT2D eigenvalue weighted by Crippen LogP contribution is -2.19. The summed E-state index contributed by atoms with van der Waals surface area (Å²) in [6.45, 7) is 5.01. The van der Waals surface area contributed by atoms with E-state index in [-0.39, 0.29) is 12.5 Å². The molecule has 0 fully saturated rings. The summed E-state index contributed by atoms with van der Waals surface area (Å²) in [5.41, 5.74) is 7.08. The van der Waals surface area contributed by atoms with Crippen molar-refractivity contribution in [1.82, 2.24) is 19.5 Å². The molecule has 1 aromatic carbocycles. The molecule has 0 spiro atoms. The van der Waals surface area contributed by atoms with Gasteiger partial charge >= 0.3 is 7.60 Å². The Balaban J connectivity index is 1.30. The normalized spacial score (nSPS) is 13.7. The lowest BCUT2D eigenvalue weighted by atomic mass is 10.0. The molecule has 0 aliphatic rings. The highest BCUT2D eigenvalue weighted by molar-refractivity contribution is 7.54. The van der Waals surface area contributed by atoms with Crippen LogP contribution < -0.4 is 10.3 Å². The Morgan fingerprint density at radius 1 is 0.814 bits per heavy atom. The number of hydrogen-bond donors (Lipinski definition) is 1. The van der Waals surface area contributed by atoms with Crippen molar-refractivity contribution in [1.29, 1.82) is 0 Å². The van der Waals surface area contributed by atoms with E-state index in [0.29, 0.717) is 35.9 Å². The number of nitrogens with zero attached hydrogens (tertiary/aromatic N) is 4. The van der Waals surface area contributed by atoms with Crippen molar-refractivity contribution < 1.29 is 18.3 Å². The molecule has 0 radical (unpaired) electrons. The molecule has 9 nitrogen and oxygen atoms in total. The van der Waals surface area contributed by atoms with Gasteiger partial charge in [0.25, 0.3) is 0 Å². The van der Waals surface area contributed by atoms with E-state index < -0.39 is 7.60 Å². The summed E-state index contributed by atoms with van der Waals surface area (Å²) in [6.07, 6.45) is 23.5. The molecule has 10 heteroatoms. The number of ether oxygens (including phenoxy) is 1. The first-order valence-corrected chi connectivity index (χ1v) is 18.2. The monoisotopic (exact) mass is 615 g/mol. The van der Waals surface area contributed by atoms with Crippen molar-refractivity contribution >= 4 is 24.6 Å². The van der Waals surface area contributed by atoms with E-state index in [4.69, 9.17) is 19.5 Å². The van der Waals surface area contributed by atoms with Crippen LogP contribution in [0.25, 0.3) is 11.2 Å². The van der Waals surface area contributed by atoms with Crippen LogP contribution in [0.5, 0.6) is 5.75 Å².